The average Bonchev–Trinajstić information content (AvgIpc) is 2.79. The first-order valence-electron chi connectivity index (χ1n) is 10.2. The van der Waals surface area contributed by atoms with Crippen LogP contribution in [0.2, 0.25) is 5.02 Å². The van der Waals surface area contributed by atoms with Crippen molar-refractivity contribution in [3.05, 3.63) is 61.6 Å². The van der Waals surface area contributed by atoms with E-state index in [-0.39, 0.29) is 11.5 Å². The van der Waals surface area contributed by atoms with Crippen molar-refractivity contribution in [2.45, 2.75) is 38.0 Å². The quantitative estimate of drug-likeness (QED) is 0.414. The van der Waals surface area contributed by atoms with Gasteiger partial charge in [0.1, 0.15) is 5.82 Å². The Morgan fingerprint density at radius 2 is 1.84 bits per heavy atom. The fraction of sp³-hybridized carbons (Fsp3) is 0.348. The molecule has 1 aliphatic carbocycles. The molecule has 0 atom stereocenters. The smallest absolute Gasteiger partial charge is 0.282 e. The van der Waals surface area contributed by atoms with Gasteiger partial charge in [-0.1, -0.05) is 46.8 Å². The van der Waals surface area contributed by atoms with Crippen LogP contribution in [0.25, 0.3) is 10.9 Å². The van der Waals surface area contributed by atoms with Crippen LogP contribution in [-0.2, 0) is 0 Å². The highest BCUT2D eigenvalue weighted by atomic mass is 79.9. The van der Waals surface area contributed by atoms with E-state index in [4.69, 9.17) is 26.1 Å². The molecule has 0 radical (unpaired) electrons. The number of benzene rings is 2. The van der Waals surface area contributed by atoms with Gasteiger partial charge in [0.25, 0.3) is 5.56 Å². The Hall–Kier alpha value is -2.38. The Bertz CT molecular complexity index is 1200. The maximum Gasteiger partial charge on any atom is 0.282 e. The first-order chi connectivity index (χ1) is 15.0. The van der Waals surface area contributed by atoms with Crippen molar-refractivity contribution in [3.8, 4) is 11.5 Å². The van der Waals surface area contributed by atoms with E-state index >= 15 is 0 Å². The van der Waals surface area contributed by atoms with Crippen LogP contribution in [0.4, 0.5) is 0 Å². The molecule has 1 saturated carbocycles. The Labute approximate surface area is 194 Å². The van der Waals surface area contributed by atoms with Crippen molar-refractivity contribution < 1.29 is 9.47 Å². The second kappa shape index (κ2) is 9.40. The van der Waals surface area contributed by atoms with E-state index in [0.29, 0.717) is 38.8 Å². The van der Waals surface area contributed by atoms with Crippen molar-refractivity contribution in [2.24, 2.45) is 5.10 Å². The van der Waals surface area contributed by atoms with Crippen molar-refractivity contribution in [3.63, 3.8) is 0 Å². The fourth-order valence-corrected chi connectivity index (χ4v) is 4.55. The van der Waals surface area contributed by atoms with Gasteiger partial charge < -0.3 is 9.47 Å². The second-order valence-electron chi connectivity index (χ2n) is 7.56. The number of aromatic nitrogens is 2. The van der Waals surface area contributed by atoms with Crippen molar-refractivity contribution in [1.29, 1.82) is 0 Å². The molecule has 1 aliphatic rings. The van der Waals surface area contributed by atoms with Crippen molar-refractivity contribution >= 4 is 44.6 Å². The number of methoxy groups -OCH3 is 2. The zero-order chi connectivity index (χ0) is 22.0. The Morgan fingerprint density at radius 3 is 2.55 bits per heavy atom. The number of ether oxygens (including phenoxy) is 2. The van der Waals surface area contributed by atoms with Gasteiger partial charge in [0.15, 0.2) is 11.5 Å². The Kier molecular flexibility index (Phi) is 6.62. The molecule has 162 valence electrons. The molecule has 31 heavy (non-hydrogen) atoms. The third-order valence-corrected chi connectivity index (χ3v) is 6.44. The van der Waals surface area contributed by atoms with E-state index in [0.717, 1.165) is 30.2 Å². The van der Waals surface area contributed by atoms with Crippen LogP contribution < -0.4 is 15.0 Å². The lowest BCUT2D eigenvalue weighted by Gasteiger charge is -2.22. The predicted molar refractivity (Wildman–Crippen MR) is 127 cm³/mol. The zero-order valence-electron chi connectivity index (χ0n) is 17.4. The molecule has 2 aromatic carbocycles. The number of fused-ring (bicyclic) bond motifs is 1. The summed E-state index contributed by atoms with van der Waals surface area (Å²) in [5.41, 5.74) is 1.11. The van der Waals surface area contributed by atoms with Gasteiger partial charge in [0.05, 0.1) is 36.4 Å². The minimum absolute atomic E-state index is 0.195. The third kappa shape index (κ3) is 4.48. The van der Waals surface area contributed by atoms with Crippen LogP contribution in [-0.4, -0.2) is 30.1 Å². The van der Waals surface area contributed by atoms with Crippen molar-refractivity contribution in [2.75, 3.05) is 14.2 Å². The van der Waals surface area contributed by atoms with Crippen LogP contribution >= 0.6 is 27.5 Å². The highest BCUT2D eigenvalue weighted by Crippen LogP contribution is 2.33. The molecule has 0 amide bonds. The predicted octanol–water partition coefficient (Wildman–Crippen LogP) is 5.76. The molecule has 0 bridgehead atoms. The summed E-state index contributed by atoms with van der Waals surface area (Å²) in [6.45, 7) is 0. The van der Waals surface area contributed by atoms with Gasteiger partial charge in [-0.15, -0.1) is 0 Å². The van der Waals surface area contributed by atoms with Gasteiger partial charge >= 0.3 is 0 Å². The highest BCUT2D eigenvalue weighted by Gasteiger charge is 2.22. The second-order valence-corrected chi connectivity index (χ2v) is 8.88. The molecule has 8 heteroatoms. The van der Waals surface area contributed by atoms with E-state index in [1.54, 1.807) is 38.6 Å². The van der Waals surface area contributed by atoms with Crippen LogP contribution in [0.1, 0.15) is 49.4 Å². The topological polar surface area (TPSA) is 65.7 Å². The average molecular weight is 505 g/mol. The van der Waals surface area contributed by atoms with Gasteiger partial charge in [-0.25, -0.2) is 4.98 Å². The lowest BCUT2D eigenvalue weighted by atomic mass is 9.88. The number of halogens is 2. The standard InChI is InChI=1S/C23H23BrClN3O3/c1-30-20-10-15(18(25)12-21(20)31-2)13-26-28-22(14-6-4-3-5-7-14)27-19-9-8-16(24)11-17(19)23(28)29/h8-14H,3-7H2,1-2H3. The van der Waals surface area contributed by atoms with Gasteiger partial charge in [-0.3, -0.25) is 4.79 Å². The minimum Gasteiger partial charge on any atom is -0.493 e. The van der Waals surface area contributed by atoms with Crippen LogP contribution in [0.5, 0.6) is 11.5 Å². The van der Waals surface area contributed by atoms with Crippen molar-refractivity contribution in [1.82, 2.24) is 9.66 Å². The lowest BCUT2D eigenvalue weighted by Crippen LogP contribution is -2.25. The van der Waals surface area contributed by atoms with Crippen LogP contribution in [0.3, 0.4) is 0 Å². The maximum absolute atomic E-state index is 13.4. The molecule has 0 unspecified atom stereocenters. The molecule has 0 spiro atoms. The summed E-state index contributed by atoms with van der Waals surface area (Å²) in [6.07, 6.45) is 7.05. The summed E-state index contributed by atoms with van der Waals surface area (Å²) < 4.78 is 12.9. The van der Waals surface area contributed by atoms with Crippen LogP contribution in [0, 0.1) is 0 Å². The number of rotatable bonds is 5. The fourth-order valence-electron chi connectivity index (χ4n) is 3.99. The van der Waals surface area contributed by atoms with E-state index < -0.39 is 0 Å². The lowest BCUT2D eigenvalue weighted by molar-refractivity contribution is 0.355. The SMILES string of the molecule is COc1cc(Cl)c(C=Nn2c(C3CCCCC3)nc3ccc(Br)cc3c2=O)cc1OC. The summed E-state index contributed by atoms with van der Waals surface area (Å²) in [7, 11) is 3.11. The molecule has 1 fully saturated rings. The number of hydrogen-bond donors (Lipinski definition) is 0. The first-order valence-corrected chi connectivity index (χ1v) is 11.4. The van der Waals surface area contributed by atoms with Gasteiger partial charge in [-0.2, -0.15) is 9.78 Å². The summed E-state index contributed by atoms with van der Waals surface area (Å²) >= 11 is 9.85. The molecule has 1 heterocycles. The largest absolute Gasteiger partial charge is 0.493 e. The monoisotopic (exact) mass is 503 g/mol. The summed E-state index contributed by atoms with van der Waals surface area (Å²) in [5, 5.41) is 5.51. The highest BCUT2D eigenvalue weighted by molar-refractivity contribution is 9.10. The molecule has 6 nitrogen and oxygen atoms in total. The Balaban J connectivity index is 1.86. The third-order valence-electron chi connectivity index (χ3n) is 5.62. The molecule has 0 saturated heterocycles. The number of hydrogen-bond acceptors (Lipinski definition) is 5. The molecular weight excluding hydrogens is 482 g/mol. The minimum atomic E-state index is -0.195. The maximum atomic E-state index is 13.4. The van der Waals surface area contributed by atoms with E-state index in [1.807, 2.05) is 12.1 Å². The molecule has 1 aromatic heterocycles. The van der Waals surface area contributed by atoms with Gasteiger partial charge in [0, 0.05) is 22.0 Å². The van der Waals surface area contributed by atoms with Gasteiger partial charge in [0.2, 0.25) is 0 Å². The Morgan fingerprint density at radius 1 is 1.13 bits per heavy atom. The van der Waals surface area contributed by atoms with E-state index in [1.165, 1.54) is 11.1 Å². The molecule has 3 aromatic rings. The molecular formula is C23H23BrClN3O3. The van der Waals surface area contributed by atoms with Crippen LogP contribution in [0.15, 0.2) is 44.7 Å². The summed E-state index contributed by atoms with van der Waals surface area (Å²) in [6, 6.07) is 8.96. The summed E-state index contributed by atoms with van der Waals surface area (Å²) in [5.74, 6) is 1.97. The van der Waals surface area contributed by atoms with E-state index in [2.05, 4.69) is 21.0 Å². The molecule has 0 aliphatic heterocycles. The molecule has 4 rings (SSSR count). The zero-order valence-corrected chi connectivity index (χ0v) is 19.7. The number of nitrogens with zero attached hydrogens (tertiary/aromatic N) is 3. The van der Waals surface area contributed by atoms with Gasteiger partial charge in [-0.05, 0) is 37.1 Å². The normalized spacial score (nSPS) is 15.0. The molecule has 0 N–H and O–H groups in total. The summed E-state index contributed by atoms with van der Waals surface area (Å²) in [4.78, 5) is 18.2. The first kappa shape index (κ1) is 21.8. The van der Waals surface area contributed by atoms with E-state index in [9.17, 15) is 4.79 Å².